The summed E-state index contributed by atoms with van der Waals surface area (Å²) in [6.45, 7) is 0. The average Bonchev–Trinajstić information content (AvgIpc) is 2.68. The molecule has 1 unspecified atom stereocenters. The molecular formula is C16H23NO2. The van der Waals surface area contributed by atoms with Gasteiger partial charge in [-0.15, -0.1) is 0 Å². The van der Waals surface area contributed by atoms with Gasteiger partial charge in [0.1, 0.15) is 6.10 Å². The van der Waals surface area contributed by atoms with Gasteiger partial charge in [0.15, 0.2) is 0 Å². The van der Waals surface area contributed by atoms with Gasteiger partial charge in [-0.25, -0.2) is 0 Å². The van der Waals surface area contributed by atoms with E-state index in [1.165, 1.54) is 25.7 Å². The molecule has 1 aromatic rings. The van der Waals surface area contributed by atoms with Crippen molar-refractivity contribution in [1.29, 1.82) is 0 Å². The molecule has 1 aromatic carbocycles. The van der Waals surface area contributed by atoms with E-state index >= 15 is 0 Å². The van der Waals surface area contributed by atoms with Crippen LogP contribution in [0, 0.1) is 0 Å². The minimum atomic E-state index is -0.264. The van der Waals surface area contributed by atoms with Crippen LogP contribution < -0.4 is 5.73 Å². The van der Waals surface area contributed by atoms with Crippen LogP contribution in [0.15, 0.2) is 30.3 Å². The Morgan fingerprint density at radius 3 is 2.42 bits per heavy atom. The van der Waals surface area contributed by atoms with E-state index in [0.717, 1.165) is 18.4 Å². The summed E-state index contributed by atoms with van der Waals surface area (Å²) in [5, 5.41) is 0. The van der Waals surface area contributed by atoms with Gasteiger partial charge in [0.25, 0.3) is 0 Å². The van der Waals surface area contributed by atoms with E-state index in [1.807, 2.05) is 30.3 Å². The molecule has 0 bridgehead atoms. The van der Waals surface area contributed by atoms with Crippen molar-refractivity contribution in [2.75, 3.05) is 0 Å². The maximum atomic E-state index is 11.9. The topological polar surface area (TPSA) is 52.3 Å². The fourth-order valence-electron chi connectivity index (χ4n) is 2.59. The smallest absolute Gasteiger partial charge is 0.307 e. The molecule has 0 aliphatic heterocycles. The lowest BCUT2D eigenvalue weighted by atomic mass is 10.1. The second-order valence-corrected chi connectivity index (χ2v) is 5.32. The Bertz CT molecular complexity index is 383. The predicted molar refractivity (Wildman–Crippen MR) is 75.6 cm³/mol. The number of benzene rings is 1. The van der Waals surface area contributed by atoms with Crippen LogP contribution in [-0.4, -0.2) is 12.1 Å². The minimum absolute atomic E-state index is 0.109. The normalized spacial score (nSPS) is 18.6. The predicted octanol–water partition coefficient (Wildman–Crippen LogP) is 3.34. The van der Waals surface area contributed by atoms with Crippen LogP contribution in [0.4, 0.5) is 0 Å². The molecule has 1 aliphatic carbocycles. The molecule has 0 spiro atoms. The fourth-order valence-corrected chi connectivity index (χ4v) is 2.59. The Hall–Kier alpha value is -1.35. The Labute approximate surface area is 115 Å². The molecule has 3 heteroatoms. The second kappa shape index (κ2) is 7.29. The Morgan fingerprint density at radius 2 is 1.79 bits per heavy atom. The van der Waals surface area contributed by atoms with Gasteiger partial charge in [-0.05, 0) is 31.2 Å². The summed E-state index contributed by atoms with van der Waals surface area (Å²) in [7, 11) is 0. The molecule has 0 radical (unpaired) electrons. The molecule has 0 saturated heterocycles. The van der Waals surface area contributed by atoms with Crippen molar-refractivity contribution in [2.24, 2.45) is 5.73 Å². The van der Waals surface area contributed by atoms with Crippen LogP contribution in [-0.2, 0) is 9.53 Å². The molecule has 19 heavy (non-hydrogen) atoms. The van der Waals surface area contributed by atoms with Gasteiger partial charge in [0.05, 0.1) is 6.42 Å². The number of ether oxygens (including phenoxy) is 1. The van der Waals surface area contributed by atoms with Crippen LogP contribution in [0.1, 0.15) is 56.6 Å². The Balaban J connectivity index is 1.80. The standard InChI is InChI=1S/C16H23NO2/c17-15(13-8-4-3-5-9-13)12-16(18)19-14-10-6-1-2-7-11-14/h3-5,8-9,14-15H,1-2,6-7,10-12,17H2. The van der Waals surface area contributed by atoms with Gasteiger partial charge in [0.2, 0.25) is 0 Å². The molecule has 1 aliphatic rings. The third-order valence-corrected chi connectivity index (χ3v) is 3.71. The highest BCUT2D eigenvalue weighted by molar-refractivity contribution is 5.70. The molecule has 1 atom stereocenters. The summed E-state index contributed by atoms with van der Waals surface area (Å²) in [6, 6.07) is 9.45. The molecule has 0 heterocycles. The van der Waals surface area contributed by atoms with Crippen LogP contribution in [0.3, 0.4) is 0 Å². The van der Waals surface area contributed by atoms with E-state index in [-0.39, 0.29) is 24.5 Å². The number of rotatable bonds is 4. The summed E-state index contributed by atoms with van der Waals surface area (Å²) in [5.74, 6) is -0.164. The average molecular weight is 261 g/mol. The highest BCUT2D eigenvalue weighted by Crippen LogP contribution is 2.21. The summed E-state index contributed by atoms with van der Waals surface area (Å²) in [5.41, 5.74) is 7.02. The highest BCUT2D eigenvalue weighted by atomic mass is 16.5. The number of nitrogens with two attached hydrogens (primary N) is 1. The van der Waals surface area contributed by atoms with Crippen LogP contribution in [0.5, 0.6) is 0 Å². The third-order valence-electron chi connectivity index (χ3n) is 3.71. The van der Waals surface area contributed by atoms with Crippen molar-refractivity contribution < 1.29 is 9.53 Å². The molecule has 1 saturated carbocycles. The first kappa shape index (κ1) is 14.1. The Morgan fingerprint density at radius 1 is 1.16 bits per heavy atom. The first-order valence-electron chi connectivity index (χ1n) is 7.25. The summed E-state index contributed by atoms with van der Waals surface area (Å²) >= 11 is 0. The SMILES string of the molecule is NC(CC(=O)OC1CCCCCC1)c1ccccc1. The quantitative estimate of drug-likeness (QED) is 0.668. The molecule has 104 valence electrons. The summed E-state index contributed by atoms with van der Waals surface area (Å²) in [4.78, 5) is 11.9. The lowest BCUT2D eigenvalue weighted by molar-refractivity contribution is -0.150. The number of hydrogen-bond donors (Lipinski definition) is 1. The number of hydrogen-bond acceptors (Lipinski definition) is 3. The Kier molecular flexibility index (Phi) is 5.40. The van der Waals surface area contributed by atoms with Crippen molar-refractivity contribution >= 4 is 5.97 Å². The lowest BCUT2D eigenvalue weighted by Gasteiger charge is -2.17. The first-order chi connectivity index (χ1) is 9.25. The molecule has 2 rings (SSSR count). The van der Waals surface area contributed by atoms with E-state index in [2.05, 4.69) is 0 Å². The molecule has 2 N–H and O–H groups in total. The van der Waals surface area contributed by atoms with Crippen LogP contribution in [0.2, 0.25) is 0 Å². The van der Waals surface area contributed by atoms with Crippen LogP contribution >= 0.6 is 0 Å². The monoisotopic (exact) mass is 261 g/mol. The van der Waals surface area contributed by atoms with Crippen molar-refractivity contribution in [1.82, 2.24) is 0 Å². The number of carbonyl (C=O) groups is 1. The van der Waals surface area contributed by atoms with E-state index in [9.17, 15) is 4.79 Å². The van der Waals surface area contributed by atoms with E-state index in [1.54, 1.807) is 0 Å². The number of carbonyl (C=O) groups excluding carboxylic acids is 1. The first-order valence-corrected chi connectivity index (χ1v) is 7.25. The van der Waals surface area contributed by atoms with E-state index in [0.29, 0.717) is 0 Å². The molecular weight excluding hydrogens is 238 g/mol. The summed E-state index contributed by atoms with van der Waals surface area (Å²) < 4.78 is 5.54. The fraction of sp³-hybridized carbons (Fsp3) is 0.562. The van der Waals surface area contributed by atoms with Gasteiger partial charge < -0.3 is 10.5 Å². The van der Waals surface area contributed by atoms with Crippen LogP contribution in [0.25, 0.3) is 0 Å². The van der Waals surface area contributed by atoms with Crippen molar-refractivity contribution in [3.8, 4) is 0 Å². The molecule has 0 amide bonds. The molecule has 3 nitrogen and oxygen atoms in total. The van der Waals surface area contributed by atoms with Gasteiger partial charge in [0, 0.05) is 6.04 Å². The maximum Gasteiger partial charge on any atom is 0.307 e. The number of esters is 1. The maximum absolute atomic E-state index is 11.9. The summed E-state index contributed by atoms with van der Waals surface area (Å²) in [6.07, 6.45) is 7.25. The largest absolute Gasteiger partial charge is 0.462 e. The second-order valence-electron chi connectivity index (χ2n) is 5.32. The van der Waals surface area contributed by atoms with Gasteiger partial charge in [-0.2, -0.15) is 0 Å². The van der Waals surface area contributed by atoms with Crippen molar-refractivity contribution in [3.63, 3.8) is 0 Å². The third kappa shape index (κ3) is 4.67. The van der Waals surface area contributed by atoms with Gasteiger partial charge in [-0.3, -0.25) is 4.79 Å². The van der Waals surface area contributed by atoms with E-state index < -0.39 is 0 Å². The van der Waals surface area contributed by atoms with Crippen molar-refractivity contribution in [3.05, 3.63) is 35.9 Å². The van der Waals surface area contributed by atoms with Gasteiger partial charge in [-0.1, -0.05) is 43.2 Å². The minimum Gasteiger partial charge on any atom is -0.462 e. The zero-order valence-electron chi connectivity index (χ0n) is 11.4. The highest BCUT2D eigenvalue weighted by Gasteiger charge is 2.19. The van der Waals surface area contributed by atoms with Gasteiger partial charge >= 0.3 is 5.97 Å². The zero-order chi connectivity index (χ0) is 13.5. The van der Waals surface area contributed by atoms with Crippen molar-refractivity contribution in [2.45, 2.75) is 57.1 Å². The molecule has 1 fully saturated rings. The van der Waals surface area contributed by atoms with E-state index in [4.69, 9.17) is 10.5 Å². The zero-order valence-corrected chi connectivity index (χ0v) is 11.4. The molecule has 0 aromatic heterocycles. The lowest BCUT2D eigenvalue weighted by Crippen LogP contribution is -2.22.